The Kier molecular flexibility index (Phi) is 4.17. The van der Waals surface area contributed by atoms with Crippen LogP contribution < -0.4 is 4.74 Å². The quantitative estimate of drug-likeness (QED) is 0.799. The molecule has 0 saturated carbocycles. The summed E-state index contributed by atoms with van der Waals surface area (Å²) in [6, 6.07) is 7.30. The molecule has 94 valence electrons. The summed E-state index contributed by atoms with van der Waals surface area (Å²) < 4.78 is 9.56. The minimum absolute atomic E-state index is 0.253. The summed E-state index contributed by atoms with van der Waals surface area (Å²) in [5.74, 6) is 0. The zero-order valence-electron chi connectivity index (χ0n) is 9.55. The molecule has 0 fully saturated rings. The van der Waals surface area contributed by atoms with Crippen molar-refractivity contribution in [2.45, 2.75) is 6.92 Å². The van der Waals surface area contributed by atoms with Crippen molar-refractivity contribution in [1.29, 1.82) is 0 Å². The Morgan fingerprint density at radius 2 is 2.33 bits per heavy atom. The third-order valence-electron chi connectivity index (χ3n) is 2.04. The van der Waals surface area contributed by atoms with E-state index in [1.807, 2.05) is 12.1 Å². The first-order valence-electron chi connectivity index (χ1n) is 5.25. The first kappa shape index (κ1) is 12.9. The number of carbonyl (C=O) groups is 1. The molecule has 0 aliphatic carbocycles. The third-order valence-corrected chi connectivity index (χ3v) is 2.99. The second-order valence-electron chi connectivity index (χ2n) is 3.29. The molecule has 0 bridgehead atoms. The van der Waals surface area contributed by atoms with Crippen molar-refractivity contribution in [2.24, 2.45) is 0 Å². The van der Waals surface area contributed by atoms with E-state index in [1.165, 1.54) is 11.3 Å². The zero-order chi connectivity index (χ0) is 13.0. The standard InChI is InChI=1S/C12H10ClNO3S/c1-2-16-12(15)17-11-14-10(7-18-11)8-4-3-5-9(13)6-8/h3-7H,2H2,1H3. The molecule has 0 aliphatic heterocycles. The summed E-state index contributed by atoms with van der Waals surface area (Å²) in [6.07, 6.45) is -0.746. The van der Waals surface area contributed by atoms with Gasteiger partial charge in [-0.25, -0.2) is 9.78 Å². The Balaban J connectivity index is 2.13. The molecule has 2 aromatic rings. The summed E-state index contributed by atoms with van der Waals surface area (Å²) in [4.78, 5) is 15.3. The van der Waals surface area contributed by atoms with Crippen molar-refractivity contribution < 1.29 is 14.3 Å². The molecule has 6 heteroatoms. The number of rotatable bonds is 3. The lowest BCUT2D eigenvalue weighted by Crippen LogP contribution is -2.09. The Labute approximate surface area is 113 Å². The topological polar surface area (TPSA) is 48.4 Å². The van der Waals surface area contributed by atoms with E-state index in [0.29, 0.717) is 10.7 Å². The molecule has 1 aromatic heterocycles. The average molecular weight is 284 g/mol. The van der Waals surface area contributed by atoms with Crippen LogP contribution in [-0.4, -0.2) is 17.7 Å². The van der Waals surface area contributed by atoms with Crippen molar-refractivity contribution in [2.75, 3.05) is 6.61 Å². The summed E-state index contributed by atoms with van der Waals surface area (Å²) in [7, 11) is 0. The van der Waals surface area contributed by atoms with Crippen LogP contribution in [0.15, 0.2) is 29.6 Å². The van der Waals surface area contributed by atoms with Gasteiger partial charge in [0.1, 0.15) is 0 Å². The molecular weight excluding hydrogens is 274 g/mol. The molecule has 0 amide bonds. The van der Waals surface area contributed by atoms with Crippen molar-refractivity contribution in [1.82, 2.24) is 4.98 Å². The summed E-state index contributed by atoms with van der Waals surface area (Å²) in [6.45, 7) is 1.98. The Morgan fingerprint density at radius 3 is 3.06 bits per heavy atom. The van der Waals surface area contributed by atoms with E-state index in [9.17, 15) is 4.79 Å². The maximum Gasteiger partial charge on any atom is 0.515 e. The van der Waals surface area contributed by atoms with E-state index >= 15 is 0 Å². The Morgan fingerprint density at radius 1 is 1.50 bits per heavy atom. The van der Waals surface area contributed by atoms with Gasteiger partial charge in [-0.2, -0.15) is 0 Å². The molecule has 18 heavy (non-hydrogen) atoms. The van der Waals surface area contributed by atoms with Gasteiger partial charge in [-0.1, -0.05) is 35.1 Å². The van der Waals surface area contributed by atoms with Crippen LogP contribution in [0, 0.1) is 0 Å². The SMILES string of the molecule is CCOC(=O)Oc1nc(-c2cccc(Cl)c2)cs1. The minimum atomic E-state index is -0.746. The number of ether oxygens (including phenoxy) is 2. The molecular formula is C12H10ClNO3S. The normalized spacial score (nSPS) is 10.1. The lowest BCUT2D eigenvalue weighted by Gasteiger charge is -1.99. The van der Waals surface area contributed by atoms with Gasteiger partial charge in [-0.15, -0.1) is 0 Å². The van der Waals surface area contributed by atoms with Gasteiger partial charge in [-0.05, 0) is 19.1 Å². The molecule has 0 unspecified atom stereocenters. The van der Waals surface area contributed by atoms with Gasteiger partial charge < -0.3 is 9.47 Å². The second-order valence-corrected chi connectivity index (χ2v) is 4.55. The van der Waals surface area contributed by atoms with Crippen LogP contribution in [-0.2, 0) is 4.74 Å². The van der Waals surface area contributed by atoms with E-state index in [1.54, 1.807) is 24.4 Å². The number of benzene rings is 1. The fourth-order valence-corrected chi connectivity index (χ4v) is 2.16. The molecule has 0 radical (unpaired) electrons. The van der Waals surface area contributed by atoms with Gasteiger partial charge in [0.05, 0.1) is 12.3 Å². The van der Waals surface area contributed by atoms with Crippen LogP contribution in [0.1, 0.15) is 6.92 Å². The molecule has 0 spiro atoms. The fourth-order valence-electron chi connectivity index (χ4n) is 1.30. The van der Waals surface area contributed by atoms with Gasteiger partial charge in [0.2, 0.25) is 0 Å². The first-order chi connectivity index (χ1) is 8.69. The summed E-state index contributed by atoms with van der Waals surface area (Å²) in [5.41, 5.74) is 1.58. The molecule has 2 rings (SSSR count). The minimum Gasteiger partial charge on any atom is -0.434 e. The smallest absolute Gasteiger partial charge is 0.434 e. The maximum atomic E-state index is 11.1. The van der Waals surface area contributed by atoms with Gasteiger partial charge in [0.15, 0.2) is 0 Å². The van der Waals surface area contributed by atoms with Crippen LogP contribution in [0.4, 0.5) is 4.79 Å². The number of halogens is 1. The highest BCUT2D eigenvalue weighted by molar-refractivity contribution is 7.11. The maximum absolute atomic E-state index is 11.1. The molecule has 0 atom stereocenters. The molecule has 1 heterocycles. The zero-order valence-corrected chi connectivity index (χ0v) is 11.1. The van der Waals surface area contributed by atoms with Crippen molar-refractivity contribution in [3.8, 4) is 16.5 Å². The van der Waals surface area contributed by atoms with Crippen LogP contribution in [0.25, 0.3) is 11.3 Å². The summed E-state index contributed by atoms with van der Waals surface area (Å²) in [5, 5.41) is 2.68. The lowest BCUT2D eigenvalue weighted by atomic mass is 10.2. The van der Waals surface area contributed by atoms with E-state index in [-0.39, 0.29) is 11.8 Å². The number of hydrogen-bond acceptors (Lipinski definition) is 5. The monoisotopic (exact) mass is 283 g/mol. The van der Waals surface area contributed by atoms with Crippen molar-refractivity contribution in [3.63, 3.8) is 0 Å². The molecule has 4 nitrogen and oxygen atoms in total. The van der Waals surface area contributed by atoms with Crippen molar-refractivity contribution >= 4 is 29.1 Å². The molecule has 0 N–H and O–H groups in total. The second kappa shape index (κ2) is 5.84. The predicted octanol–water partition coefficient (Wildman–Crippen LogP) is 4.00. The largest absolute Gasteiger partial charge is 0.515 e. The lowest BCUT2D eigenvalue weighted by molar-refractivity contribution is 0.104. The van der Waals surface area contributed by atoms with E-state index < -0.39 is 6.16 Å². The number of thiazole rings is 1. The average Bonchev–Trinajstić information content (AvgIpc) is 2.78. The number of aromatic nitrogens is 1. The highest BCUT2D eigenvalue weighted by Crippen LogP contribution is 2.28. The molecule has 1 aromatic carbocycles. The Hall–Kier alpha value is -1.59. The van der Waals surface area contributed by atoms with Crippen LogP contribution in [0.5, 0.6) is 5.19 Å². The highest BCUT2D eigenvalue weighted by atomic mass is 35.5. The van der Waals surface area contributed by atoms with Crippen LogP contribution in [0.3, 0.4) is 0 Å². The fraction of sp³-hybridized carbons (Fsp3) is 0.167. The van der Waals surface area contributed by atoms with Gasteiger partial charge in [-0.3, -0.25) is 0 Å². The van der Waals surface area contributed by atoms with Gasteiger partial charge in [0.25, 0.3) is 5.19 Å². The highest BCUT2D eigenvalue weighted by Gasteiger charge is 2.10. The molecule has 0 aliphatic rings. The van der Waals surface area contributed by atoms with Gasteiger partial charge in [0, 0.05) is 16.0 Å². The van der Waals surface area contributed by atoms with E-state index in [4.69, 9.17) is 16.3 Å². The van der Waals surface area contributed by atoms with Crippen LogP contribution in [0.2, 0.25) is 5.02 Å². The summed E-state index contributed by atoms with van der Waals surface area (Å²) >= 11 is 7.12. The van der Waals surface area contributed by atoms with Gasteiger partial charge >= 0.3 is 6.16 Å². The number of hydrogen-bond donors (Lipinski definition) is 0. The third kappa shape index (κ3) is 3.21. The first-order valence-corrected chi connectivity index (χ1v) is 6.51. The van der Waals surface area contributed by atoms with E-state index in [2.05, 4.69) is 9.72 Å². The predicted molar refractivity (Wildman–Crippen MR) is 70.2 cm³/mol. The van der Waals surface area contributed by atoms with E-state index in [0.717, 1.165) is 5.56 Å². The number of carbonyl (C=O) groups excluding carboxylic acids is 1. The molecule has 0 saturated heterocycles. The van der Waals surface area contributed by atoms with Crippen molar-refractivity contribution in [3.05, 3.63) is 34.7 Å². The van der Waals surface area contributed by atoms with Crippen LogP contribution >= 0.6 is 22.9 Å². The number of nitrogens with zero attached hydrogens (tertiary/aromatic N) is 1. The Bertz CT molecular complexity index is 556.